The zero-order chi connectivity index (χ0) is 16.3. The fraction of sp³-hybridized carbons (Fsp3) is 0.611. The van der Waals surface area contributed by atoms with Crippen molar-refractivity contribution in [2.75, 3.05) is 40.3 Å². The largest absolute Gasteiger partial charge is 0.380 e. The molecule has 0 saturated carbocycles. The zero-order valence-corrected chi connectivity index (χ0v) is 14.5. The first kappa shape index (κ1) is 17.8. The highest BCUT2D eigenvalue weighted by Crippen LogP contribution is 2.09. The standard InChI is InChI=1S/C18H30N4O/c1-19-18(20-10-13-22-11-6-3-7-12-22)21-14-16-8-4-5-9-17(16)15-23-2/h4-5,8-9H,3,6-7,10-15H2,1-2H3,(H2,19,20,21). The molecular formula is C18H30N4O. The van der Waals surface area contributed by atoms with Crippen molar-refractivity contribution in [1.29, 1.82) is 0 Å². The Hall–Kier alpha value is -1.59. The molecule has 1 aliphatic heterocycles. The summed E-state index contributed by atoms with van der Waals surface area (Å²) in [5.41, 5.74) is 2.46. The number of piperidine rings is 1. The van der Waals surface area contributed by atoms with E-state index in [1.165, 1.54) is 43.5 Å². The summed E-state index contributed by atoms with van der Waals surface area (Å²) in [6.07, 6.45) is 4.06. The molecule has 1 heterocycles. The van der Waals surface area contributed by atoms with Crippen LogP contribution in [0.15, 0.2) is 29.3 Å². The molecule has 1 aromatic carbocycles. The second kappa shape index (κ2) is 10.2. The molecule has 0 atom stereocenters. The number of aliphatic imine (C=N–C) groups is 1. The van der Waals surface area contributed by atoms with Gasteiger partial charge in [-0.3, -0.25) is 4.99 Å². The summed E-state index contributed by atoms with van der Waals surface area (Å²) in [6.45, 7) is 5.87. The molecule has 1 aliphatic rings. The highest BCUT2D eigenvalue weighted by atomic mass is 16.5. The van der Waals surface area contributed by atoms with Crippen molar-refractivity contribution in [3.63, 3.8) is 0 Å². The van der Waals surface area contributed by atoms with Crippen molar-refractivity contribution in [2.24, 2.45) is 4.99 Å². The van der Waals surface area contributed by atoms with Crippen LogP contribution in [-0.4, -0.2) is 51.2 Å². The van der Waals surface area contributed by atoms with Gasteiger partial charge in [0.15, 0.2) is 5.96 Å². The van der Waals surface area contributed by atoms with Crippen molar-refractivity contribution in [1.82, 2.24) is 15.5 Å². The van der Waals surface area contributed by atoms with Gasteiger partial charge >= 0.3 is 0 Å². The third-order valence-corrected chi connectivity index (χ3v) is 4.26. The van der Waals surface area contributed by atoms with Crippen LogP contribution in [0.3, 0.4) is 0 Å². The molecule has 2 N–H and O–H groups in total. The van der Waals surface area contributed by atoms with E-state index in [1.54, 1.807) is 7.11 Å². The van der Waals surface area contributed by atoms with Crippen molar-refractivity contribution in [3.8, 4) is 0 Å². The van der Waals surface area contributed by atoms with Gasteiger partial charge in [-0.1, -0.05) is 30.7 Å². The van der Waals surface area contributed by atoms with E-state index in [-0.39, 0.29) is 0 Å². The van der Waals surface area contributed by atoms with E-state index in [9.17, 15) is 0 Å². The highest BCUT2D eigenvalue weighted by molar-refractivity contribution is 5.79. The van der Waals surface area contributed by atoms with Crippen LogP contribution in [0, 0.1) is 0 Å². The number of guanidine groups is 1. The minimum Gasteiger partial charge on any atom is -0.380 e. The molecule has 0 radical (unpaired) electrons. The van der Waals surface area contributed by atoms with E-state index in [0.29, 0.717) is 6.61 Å². The number of hydrogen-bond donors (Lipinski definition) is 2. The summed E-state index contributed by atoms with van der Waals surface area (Å²) < 4.78 is 5.25. The topological polar surface area (TPSA) is 48.9 Å². The SMILES string of the molecule is CN=C(NCCN1CCCCC1)NCc1ccccc1COC. The summed E-state index contributed by atoms with van der Waals surface area (Å²) >= 11 is 0. The molecule has 1 saturated heterocycles. The van der Waals surface area contributed by atoms with Gasteiger partial charge in [0.25, 0.3) is 0 Å². The summed E-state index contributed by atoms with van der Waals surface area (Å²) in [7, 11) is 3.54. The molecular weight excluding hydrogens is 288 g/mol. The van der Waals surface area contributed by atoms with Crippen LogP contribution >= 0.6 is 0 Å². The monoisotopic (exact) mass is 318 g/mol. The highest BCUT2D eigenvalue weighted by Gasteiger charge is 2.09. The third kappa shape index (κ3) is 6.20. The van der Waals surface area contributed by atoms with Gasteiger partial charge in [-0.15, -0.1) is 0 Å². The van der Waals surface area contributed by atoms with Crippen molar-refractivity contribution in [3.05, 3.63) is 35.4 Å². The Morgan fingerprint density at radius 2 is 1.87 bits per heavy atom. The maximum Gasteiger partial charge on any atom is 0.191 e. The van der Waals surface area contributed by atoms with Crippen LogP contribution in [0.4, 0.5) is 0 Å². The predicted molar refractivity (Wildman–Crippen MR) is 95.6 cm³/mol. The average molecular weight is 318 g/mol. The Morgan fingerprint density at radius 3 is 2.57 bits per heavy atom. The van der Waals surface area contributed by atoms with Gasteiger partial charge in [-0.25, -0.2) is 0 Å². The number of ether oxygens (including phenoxy) is 1. The third-order valence-electron chi connectivity index (χ3n) is 4.26. The van der Waals surface area contributed by atoms with E-state index >= 15 is 0 Å². The first-order chi connectivity index (χ1) is 11.3. The van der Waals surface area contributed by atoms with E-state index in [2.05, 4.69) is 38.7 Å². The lowest BCUT2D eigenvalue weighted by Gasteiger charge is -2.26. The smallest absolute Gasteiger partial charge is 0.191 e. The first-order valence-electron chi connectivity index (χ1n) is 8.56. The van der Waals surface area contributed by atoms with Crippen LogP contribution < -0.4 is 10.6 Å². The summed E-state index contributed by atoms with van der Waals surface area (Å²) in [6, 6.07) is 8.34. The maximum atomic E-state index is 5.25. The number of methoxy groups -OCH3 is 1. The average Bonchev–Trinajstić information content (AvgIpc) is 2.60. The van der Waals surface area contributed by atoms with Gasteiger partial charge in [0, 0.05) is 33.8 Å². The Balaban J connectivity index is 1.74. The van der Waals surface area contributed by atoms with E-state index in [4.69, 9.17) is 4.74 Å². The molecule has 1 aromatic rings. The summed E-state index contributed by atoms with van der Waals surface area (Å²) in [4.78, 5) is 6.83. The van der Waals surface area contributed by atoms with Crippen LogP contribution in [0.5, 0.6) is 0 Å². The normalized spacial score (nSPS) is 16.3. The van der Waals surface area contributed by atoms with Crippen molar-refractivity contribution in [2.45, 2.75) is 32.4 Å². The molecule has 5 heteroatoms. The molecule has 0 bridgehead atoms. The van der Waals surface area contributed by atoms with E-state index in [1.807, 2.05) is 13.1 Å². The molecule has 128 valence electrons. The molecule has 0 spiro atoms. The van der Waals surface area contributed by atoms with E-state index in [0.717, 1.165) is 25.6 Å². The van der Waals surface area contributed by atoms with Gasteiger partial charge in [-0.2, -0.15) is 0 Å². The Morgan fingerprint density at radius 1 is 1.13 bits per heavy atom. The molecule has 2 rings (SSSR count). The lowest BCUT2D eigenvalue weighted by Crippen LogP contribution is -2.42. The predicted octanol–water partition coefficient (Wildman–Crippen LogP) is 1.98. The van der Waals surface area contributed by atoms with Gasteiger partial charge in [0.1, 0.15) is 0 Å². The molecule has 0 amide bonds. The number of nitrogens with zero attached hydrogens (tertiary/aromatic N) is 2. The molecule has 0 aliphatic carbocycles. The molecule has 23 heavy (non-hydrogen) atoms. The number of nitrogens with one attached hydrogen (secondary N) is 2. The van der Waals surface area contributed by atoms with E-state index < -0.39 is 0 Å². The lowest BCUT2D eigenvalue weighted by atomic mass is 10.1. The number of rotatable bonds is 7. The fourth-order valence-electron chi connectivity index (χ4n) is 2.94. The number of benzene rings is 1. The van der Waals surface area contributed by atoms with Crippen molar-refractivity contribution < 1.29 is 4.74 Å². The zero-order valence-electron chi connectivity index (χ0n) is 14.5. The number of hydrogen-bond acceptors (Lipinski definition) is 3. The van der Waals surface area contributed by atoms with Crippen molar-refractivity contribution >= 4 is 5.96 Å². The fourth-order valence-corrected chi connectivity index (χ4v) is 2.94. The Kier molecular flexibility index (Phi) is 7.90. The van der Waals surface area contributed by atoms with Gasteiger partial charge in [0.05, 0.1) is 6.61 Å². The molecule has 5 nitrogen and oxygen atoms in total. The second-order valence-corrected chi connectivity index (χ2v) is 5.96. The van der Waals surface area contributed by atoms with Gasteiger partial charge < -0.3 is 20.3 Å². The van der Waals surface area contributed by atoms with Gasteiger partial charge in [-0.05, 0) is 37.1 Å². The van der Waals surface area contributed by atoms with Crippen LogP contribution in [-0.2, 0) is 17.9 Å². The molecule has 0 unspecified atom stereocenters. The Labute approximate surface area is 140 Å². The van der Waals surface area contributed by atoms with Crippen LogP contribution in [0.25, 0.3) is 0 Å². The minimum absolute atomic E-state index is 0.638. The number of likely N-dealkylation sites (tertiary alicyclic amines) is 1. The summed E-state index contributed by atoms with van der Waals surface area (Å²) in [5.74, 6) is 0.856. The molecule has 1 fully saturated rings. The Bertz CT molecular complexity index is 484. The minimum atomic E-state index is 0.638. The maximum absolute atomic E-state index is 5.25. The quantitative estimate of drug-likeness (QED) is 0.596. The van der Waals surface area contributed by atoms with Crippen LogP contribution in [0.2, 0.25) is 0 Å². The summed E-state index contributed by atoms with van der Waals surface area (Å²) in [5, 5.41) is 6.79. The first-order valence-corrected chi connectivity index (χ1v) is 8.56. The second-order valence-electron chi connectivity index (χ2n) is 5.96. The lowest BCUT2D eigenvalue weighted by molar-refractivity contribution is 0.184. The van der Waals surface area contributed by atoms with Crippen LogP contribution in [0.1, 0.15) is 30.4 Å². The van der Waals surface area contributed by atoms with Gasteiger partial charge in [0.2, 0.25) is 0 Å². The molecule has 0 aromatic heterocycles.